The number of amides is 1. The van der Waals surface area contributed by atoms with Crippen LogP contribution in [-0.4, -0.2) is 12.5 Å². The van der Waals surface area contributed by atoms with Crippen molar-refractivity contribution in [3.8, 4) is 0 Å². The molecule has 0 saturated carbocycles. The Morgan fingerprint density at radius 1 is 1.05 bits per heavy atom. The third-order valence-electron chi connectivity index (χ3n) is 3.60. The average Bonchev–Trinajstić information content (AvgIpc) is 2.49. The Balaban J connectivity index is 2.17. The van der Waals surface area contributed by atoms with E-state index in [0.717, 1.165) is 29.9 Å². The number of benzene rings is 2. The van der Waals surface area contributed by atoms with Gasteiger partial charge in [-0.15, -0.1) is 0 Å². The molecular weight excluding hydrogens is 260 g/mol. The number of hydrogen-bond donors (Lipinski definition) is 2. The minimum absolute atomic E-state index is 0.0675. The van der Waals surface area contributed by atoms with Crippen LogP contribution in [0.3, 0.4) is 0 Å². The average molecular weight is 282 g/mol. The van der Waals surface area contributed by atoms with Crippen LogP contribution in [0, 0.1) is 13.8 Å². The van der Waals surface area contributed by atoms with E-state index < -0.39 is 0 Å². The molecule has 2 N–H and O–H groups in total. The van der Waals surface area contributed by atoms with Crippen molar-refractivity contribution in [3.63, 3.8) is 0 Å². The lowest BCUT2D eigenvalue weighted by molar-refractivity contribution is 0.102. The molecule has 2 aromatic rings. The fourth-order valence-electron chi connectivity index (χ4n) is 2.13. The Morgan fingerprint density at radius 2 is 1.81 bits per heavy atom. The van der Waals surface area contributed by atoms with Crippen molar-refractivity contribution in [2.75, 3.05) is 11.9 Å². The minimum Gasteiger partial charge on any atom is -0.322 e. The fraction of sp³-hybridized carbons (Fsp3) is 0.278. The van der Waals surface area contributed by atoms with Gasteiger partial charge in [-0.2, -0.15) is 0 Å². The molecule has 3 heteroatoms. The summed E-state index contributed by atoms with van der Waals surface area (Å²) in [7, 11) is 0. The van der Waals surface area contributed by atoms with Gasteiger partial charge in [-0.05, 0) is 55.3 Å². The number of nitrogens with one attached hydrogen (secondary N) is 2. The number of rotatable bonds is 5. The second kappa shape index (κ2) is 7.04. The van der Waals surface area contributed by atoms with Gasteiger partial charge in [-0.3, -0.25) is 4.79 Å². The minimum atomic E-state index is -0.0675. The van der Waals surface area contributed by atoms with Gasteiger partial charge in [0, 0.05) is 17.8 Å². The first-order valence-electron chi connectivity index (χ1n) is 7.29. The summed E-state index contributed by atoms with van der Waals surface area (Å²) in [6.45, 7) is 7.78. The van der Waals surface area contributed by atoms with Crippen LogP contribution in [0.5, 0.6) is 0 Å². The van der Waals surface area contributed by atoms with Gasteiger partial charge in [0.2, 0.25) is 0 Å². The summed E-state index contributed by atoms with van der Waals surface area (Å²) in [6.07, 6.45) is 0. The number of carbonyl (C=O) groups is 1. The van der Waals surface area contributed by atoms with Crippen molar-refractivity contribution < 1.29 is 4.79 Å². The molecule has 0 unspecified atom stereocenters. The van der Waals surface area contributed by atoms with Gasteiger partial charge < -0.3 is 10.6 Å². The number of anilines is 1. The van der Waals surface area contributed by atoms with E-state index in [9.17, 15) is 4.79 Å². The highest BCUT2D eigenvalue weighted by Gasteiger charge is 2.09. The van der Waals surface area contributed by atoms with Crippen LogP contribution in [0.1, 0.15) is 34.0 Å². The molecule has 0 aliphatic heterocycles. The third-order valence-corrected chi connectivity index (χ3v) is 3.60. The molecule has 1 amide bonds. The van der Waals surface area contributed by atoms with Crippen LogP contribution in [0.4, 0.5) is 5.69 Å². The molecular formula is C18H22N2O. The van der Waals surface area contributed by atoms with Gasteiger partial charge in [0.05, 0.1) is 0 Å². The lowest BCUT2D eigenvalue weighted by atomic mass is 10.1. The Labute approximate surface area is 126 Å². The summed E-state index contributed by atoms with van der Waals surface area (Å²) in [6, 6.07) is 13.7. The summed E-state index contributed by atoms with van der Waals surface area (Å²) in [4.78, 5) is 12.4. The van der Waals surface area contributed by atoms with E-state index in [2.05, 4.69) is 17.6 Å². The first-order chi connectivity index (χ1) is 10.1. The zero-order chi connectivity index (χ0) is 15.2. The lowest BCUT2D eigenvalue weighted by Gasteiger charge is -2.12. The van der Waals surface area contributed by atoms with E-state index in [1.54, 1.807) is 0 Å². The molecule has 0 heterocycles. The van der Waals surface area contributed by atoms with E-state index in [-0.39, 0.29) is 5.91 Å². The molecule has 0 radical (unpaired) electrons. The highest BCUT2D eigenvalue weighted by atomic mass is 16.1. The molecule has 3 nitrogen and oxygen atoms in total. The van der Waals surface area contributed by atoms with Gasteiger partial charge in [0.1, 0.15) is 0 Å². The van der Waals surface area contributed by atoms with Crippen LogP contribution in [-0.2, 0) is 6.54 Å². The summed E-state index contributed by atoms with van der Waals surface area (Å²) in [5.41, 5.74) is 4.97. The van der Waals surface area contributed by atoms with E-state index in [0.29, 0.717) is 5.56 Å². The fourth-order valence-corrected chi connectivity index (χ4v) is 2.13. The molecule has 0 aliphatic carbocycles. The van der Waals surface area contributed by atoms with Crippen molar-refractivity contribution in [3.05, 3.63) is 64.7 Å². The summed E-state index contributed by atoms with van der Waals surface area (Å²) < 4.78 is 0. The van der Waals surface area contributed by atoms with Gasteiger partial charge in [-0.25, -0.2) is 0 Å². The molecule has 0 bridgehead atoms. The number of hydrogen-bond acceptors (Lipinski definition) is 2. The predicted octanol–water partition coefficient (Wildman–Crippen LogP) is 3.67. The van der Waals surface area contributed by atoms with Crippen LogP contribution in [0.2, 0.25) is 0 Å². The van der Waals surface area contributed by atoms with Crippen LogP contribution >= 0.6 is 0 Å². The Morgan fingerprint density at radius 3 is 2.52 bits per heavy atom. The maximum absolute atomic E-state index is 12.4. The maximum Gasteiger partial charge on any atom is 0.255 e. The number of aryl methyl sites for hydroxylation is 2. The molecule has 21 heavy (non-hydrogen) atoms. The molecule has 2 rings (SSSR count). The SMILES string of the molecule is CCNCc1ccccc1NC(=O)c1ccc(C)c(C)c1. The molecule has 0 saturated heterocycles. The van der Waals surface area contributed by atoms with Gasteiger partial charge in [0.25, 0.3) is 5.91 Å². The molecule has 2 aromatic carbocycles. The monoisotopic (exact) mass is 282 g/mol. The van der Waals surface area contributed by atoms with Crippen molar-refractivity contribution in [2.24, 2.45) is 0 Å². The number of para-hydroxylation sites is 1. The first-order valence-corrected chi connectivity index (χ1v) is 7.29. The van der Waals surface area contributed by atoms with Crippen LogP contribution < -0.4 is 10.6 Å². The van der Waals surface area contributed by atoms with Crippen molar-refractivity contribution >= 4 is 11.6 Å². The van der Waals surface area contributed by atoms with E-state index in [1.165, 1.54) is 5.56 Å². The van der Waals surface area contributed by atoms with Crippen molar-refractivity contribution in [1.29, 1.82) is 0 Å². The third kappa shape index (κ3) is 3.92. The number of carbonyl (C=O) groups excluding carboxylic acids is 1. The Bertz CT molecular complexity index is 635. The summed E-state index contributed by atoms with van der Waals surface area (Å²) >= 11 is 0. The quantitative estimate of drug-likeness (QED) is 0.878. The standard InChI is InChI=1S/C18H22N2O/c1-4-19-12-16-7-5-6-8-17(16)20-18(21)15-10-9-13(2)14(3)11-15/h5-11,19H,4,12H2,1-3H3,(H,20,21). The largest absolute Gasteiger partial charge is 0.322 e. The summed E-state index contributed by atoms with van der Waals surface area (Å²) in [5, 5.41) is 6.29. The zero-order valence-corrected chi connectivity index (χ0v) is 12.9. The molecule has 0 fully saturated rings. The molecule has 0 aliphatic rings. The molecule has 0 aromatic heterocycles. The normalized spacial score (nSPS) is 10.4. The van der Waals surface area contributed by atoms with Gasteiger partial charge >= 0.3 is 0 Å². The molecule has 110 valence electrons. The topological polar surface area (TPSA) is 41.1 Å². The van der Waals surface area contributed by atoms with E-state index in [1.807, 2.05) is 56.3 Å². The summed E-state index contributed by atoms with van der Waals surface area (Å²) in [5.74, 6) is -0.0675. The van der Waals surface area contributed by atoms with Crippen molar-refractivity contribution in [1.82, 2.24) is 5.32 Å². The van der Waals surface area contributed by atoms with Gasteiger partial charge in [0.15, 0.2) is 0 Å². The van der Waals surface area contributed by atoms with Gasteiger partial charge in [-0.1, -0.05) is 31.2 Å². The highest BCUT2D eigenvalue weighted by molar-refractivity contribution is 6.04. The predicted molar refractivity (Wildman–Crippen MR) is 87.7 cm³/mol. The Kier molecular flexibility index (Phi) is 5.12. The van der Waals surface area contributed by atoms with Crippen molar-refractivity contribution in [2.45, 2.75) is 27.3 Å². The maximum atomic E-state index is 12.4. The first kappa shape index (κ1) is 15.3. The Hall–Kier alpha value is -2.13. The van der Waals surface area contributed by atoms with E-state index >= 15 is 0 Å². The highest BCUT2D eigenvalue weighted by Crippen LogP contribution is 2.17. The van der Waals surface area contributed by atoms with Crippen LogP contribution in [0.25, 0.3) is 0 Å². The second-order valence-corrected chi connectivity index (χ2v) is 5.19. The lowest BCUT2D eigenvalue weighted by Crippen LogP contribution is -2.17. The molecule has 0 atom stereocenters. The smallest absolute Gasteiger partial charge is 0.255 e. The van der Waals surface area contributed by atoms with E-state index in [4.69, 9.17) is 0 Å². The zero-order valence-electron chi connectivity index (χ0n) is 12.9. The molecule has 0 spiro atoms. The van der Waals surface area contributed by atoms with Crippen LogP contribution in [0.15, 0.2) is 42.5 Å². The second-order valence-electron chi connectivity index (χ2n) is 5.19.